The monoisotopic (exact) mass is 296 g/mol. The summed E-state index contributed by atoms with van der Waals surface area (Å²) in [6.45, 7) is 3.62. The quantitative estimate of drug-likeness (QED) is 0.873. The van der Waals surface area contributed by atoms with Gasteiger partial charge in [0, 0.05) is 5.56 Å². The van der Waals surface area contributed by atoms with E-state index in [1.165, 1.54) is 7.11 Å². The molecule has 21 heavy (non-hydrogen) atoms. The molecule has 0 aliphatic carbocycles. The number of aliphatic hydroxyl groups is 1. The first-order valence-corrected chi connectivity index (χ1v) is 6.32. The van der Waals surface area contributed by atoms with Crippen LogP contribution >= 0.6 is 0 Å². The van der Waals surface area contributed by atoms with Crippen molar-refractivity contribution >= 4 is 0 Å². The first-order valence-electron chi connectivity index (χ1n) is 6.32. The van der Waals surface area contributed by atoms with Crippen molar-refractivity contribution in [3.8, 4) is 5.75 Å². The van der Waals surface area contributed by atoms with Gasteiger partial charge in [0.05, 0.1) is 7.11 Å². The second-order valence-corrected chi connectivity index (χ2v) is 4.90. The minimum absolute atomic E-state index is 0.0725. The van der Waals surface area contributed by atoms with Crippen LogP contribution in [0.25, 0.3) is 0 Å². The average Bonchev–Trinajstić information content (AvgIpc) is 2.42. The Morgan fingerprint density at radius 2 is 1.57 bits per heavy atom. The molecule has 0 aliphatic rings. The van der Waals surface area contributed by atoms with Crippen LogP contribution in [0, 0.1) is 31.3 Å². The molecule has 1 unspecified atom stereocenters. The van der Waals surface area contributed by atoms with E-state index in [1.54, 1.807) is 13.0 Å². The van der Waals surface area contributed by atoms with Gasteiger partial charge in [-0.05, 0) is 48.7 Å². The molecule has 2 nitrogen and oxygen atoms in total. The van der Waals surface area contributed by atoms with E-state index in [0.29, 0.717) is 16.9 Å². The third kappa shape index (κ3) is 2.88. The summed E-state index contributed by atoms with van der Waals surface area (Å²) in [7, 11) is 1.44. The van der Waals surface area contributed by atoms with Gasteiger partial charge < -0.3 is 9.84 Å². The molecule has 1 N–H and O–H groups in total. The van der Waals surface area contributed by atoms with Crippen molar-refractivity contribution in [2.75, 3.05) is 7.11 Å². The zero-order valence-corrected chi connectivity index (χ0v) is 11.9. The van der Waals surface area contributed by atoms with Crippen molar-refractivity contribution in [1.82, 2.24) is 0 Å². The van der Waals surface area contributed by atoms with Gasteiger partial charge in [0.1, 0.15) is 11.9 Å². The summed E-state index contributed by atoms with van der Waals surface area (Å²) in [5.74, 6) is -3.83. The van der Waals surface area contributed by atoms with Gasteiger partial charge >= 0.3 is 0 Å². The predicted molar refractivity (Wildman–Crippen MR) is 72.8 cm³/mol. The van der Waals surface area contributed by atoms with E-state index in [4.69, 9.17) is 4.74 Å². The maximum Gasteiger partial charge on any atom is 0.194 e. The van der Waals surface area contributed by atoms with E-state index < -0.39 is 23.6 Å². The van der Waals surface area contributed by atoms with Crippen LogP contribution in [-0.4, -0.2) is 12.2 Å². The van der Waals surface area contributed by atoms with Crippen LogP contribution in [0.5, 0.6) is 5.75 Å². The molecule has 2 rings (SSSR count). The van der Waals surface area contributed by atoms with Gasteiger partial charge in [0.25, 0.3) is 0 Å². The SMILES string of the molecule is COc1cc(C)cc(C)c1C(O)c1cc(F)c(F)c(F)c1. The third-order valence-corrected chi connectivity index (χ3v) is 3.31. The van der Waals surface area contributed by atoms with E-state index in [1.807, 2.05) is 13.0 Å². The molecule has 0 saturated carbocycles. The Morgan fingerprint density at radius 3 is 2.10 bits per heavy atom. The largest absolute Gasteiger partial charge is 0.496 e. The summed E-state index contributed by atoms with van der Waals surface area (Å²) in [5.41, 5.74) is 1.96. The lowest BCUT2D eigenvalue weighted by Crippen LogP contribution is -2.07. The van der Waals surface area contributed by atoms with Gasteiger partial charge in [-0.2, -0.15) is 0 Å². The van der Waals surface area contributed by atoms with Gasteiger partial charge in [-0.25, -0.2) is 13.2 Å². The normalized spacial score (nSPS) is 12.3. The second kappa shape index (κ2) is 5.77. The number of rotatable bonds is 3. The van der Waals surface area contributed by atoms with E-state index in [9.17, 15) is 18.3 Å². The number of hydrogen-bond acceptors (Lipinski definition) is 2. The lowest BCUT2D eigenvalue weighted by Gasteiger charge is -2.19. The lowest BCUT2D eigenvalue weighted by atomic mass is 9.94. The number of aliphatic hydroxyl groups excluding tert-OH is 1. The van der Waals surface area contributed by atoms with Crippen molar-refractivity contribution < 1.29 is 23.0 Å². The molecular weight excluding hydrogens is 281 g/mol. The Labute approximate surface area is 120 Å². The number of methoxy groups -OCH3 is 1. The van der Waals surface area contributed by atoms with Crippen molar-refractivity contribution in [2.45, 2.75) is 20.0 Å². The molecule has 112 valence electrons. The van der Waals surface area contributed by atoms with Crippen LogP contribution in [0.15, 0.2) is 24.3 Å². The van der Waals surface area contributed by atoms with Crippen molar-refractivity contribution in [3.05, 3.63) is 64.0 Å². The number of benzene rings is 2. The Kier molecular flexibility index (Phi) is 4.23. The highest BCUT2D eigenvalue weighted by Gasteiger charge is 2.21. The molecule has 0 fully saturated rings. The van der Waals surface area contributed by atoms with Crippen LogP contribution in [0.4, 0.5) is 13.2 Å². The van der Waals surface area contributed by atoms with Crippen LogP contribution in [-0.2, 0) is 0 Å². The molecule has 1 atom stereocenters. The Bertz CT molecular complexity index is 660. The predicted octanol–water partition coefficient (Wildman–Crippen LogP) is 3.81. The van der Waals surface area contributed by atoms with Crippen molar-refractivity contribution in [1.29, 1.82) is 0 Å². The first kappa shape index (κ1) is 15.4. The maximum absolute atomic E-state index is 13.3. The van der Waals surface area contributed by atoms with E-state index >= 15 is 0 Å². The summed E-state index contributed by atoms with van der Waals surface area (Å²) >= 11 is 0. The molecule has 0 heterocycles. The Hall–Kier alpha value is -2.01. The lowest BCUT2D eigenvalue weighted by molar-refractivity contribution is 0.212. The first-order chi connectivity index (χ1) is 9.85. The minimum Gasteiger partial charge on any atom is -0.496 e. The van der Waals surface area contributed by atoms with Gasteiger partial charge in [0.15, 0.2) is 17.5 Å². The second-order valence-electron chi connectivity index (χ2n) is 4.90. The summed E-state index contributed by atoms with van der Waals surface area (Å²) in [5, 5.41) is 10.4. The molecule has 0 bridgehead atoms. The Morgan fingerprint density at radius 1 is 1.00 bits per heavy atom. The van der Waals surface area contributed by atoms with Crippen LogP contribution in [0.1, 0.15) is 28.4 Å². The fourth-order valence-corrected chi connectivity index (χ4v) is 2.36. The summed E-state index contributed by atoms with van der Waals surface area (Å²) < 4.78 is 44.8. The molecule has 5 heteroatoms. The number of hydrogen-bond donors (Lipinski definition) is 1. The summed E-state index contributed by atoms with van der Waals surface area (Å²) in [6, 6.07) is 5.09. The topological polar surface area (TPSA) is 29.5 Å². The molecule has 0 aromatic heterocycles. The number of aryl methyl sites for hydroxylation is 2. The molecular formula is C16H15F3O2. The van der Waals surface area contributed by atoms with Crippen LogP contribution in [0.3, 0.4) is 0 Å². The zero-order valence-electron chi connectivity index (χ0n) is 11.9. The zero-order chi connectivity index (χ0) is 15.7. The smallest absolute Gasteiger partial charge is 0.194 e. The van der Waals surface area contributed by atoms with Gasteiger partial charge in [-0.3, -0.25) is 0 Å². The summed E-state index contributed by atoms with van der Waals surface area (Å²) in [6.07, 6.45) is -1.31. The van der Waals surface area contributed by atoms with Crippen LogP contribution in [0.2, 0.25) is 0 Å². The molecule has 0 aliphatic heterocycles. The van der Waals surface area contributed by atoms with Crippen molar-refractivity contribution in [3.63, 3.8) is 0 Å². The highest BCUT2D eigenvalue weighted by Crippen LogP contribution is 2.34. The minimum atomic E-state index is -1.56. The van der Waals surface area contributed by atoms with Gasteiger partial charge in [0.2, 0.25) is 0 Å². The molecule has 2 aromatic rings. The number of ether oxygens (including phenoxy) is 1. The third-order valence-electron chi connectivity index (χ3n) is 3.31. The Balaban J connectivity index is 2.57. The standard InChI is InChI=1S/C16H15F3O2/c1-8-4-9(2)14(13(5-8)21-3)16(20)10-6-11(17)15(19)12(18)7-10/h4-7,16,20H,1-3H3. The molecule has 0 spiro atoms. The highest BCUT2D eigenvalue weighted by atomic mass is 19.2. The van der Waals surface area contributed by atoms with Gasteiger partial charge in [-0.15, -0.1) is 0 Å². The average molecular weight is 296 g/mol. The van der Waals surface area contributed by atoms with Crippen molar-refractivity contribution in [2.24, 2.45) is 0 Å². The van der Waals surface area contributed by atoms with Crippen LogP contribution < -0.4 is 4.74 Å². The van der Waals surface area contributed by atoms with E-state index in [-0.39, 0.29) is 5.56 Å². The molecule has 0 amide bonds. The molecule has 2 aromatic carbocycles. The fraction of sp³-hybridized carbons (Fsp3) is 0.250. The highest BCUT2D eigenvalue weighted by molar-refractivity contribution is 5.47. The fourth-order valence-electron chi connectivity index (χ4n) is 2.36. The number of halogens is 3. The maximum atomic E-state index is 13.3. The molecule has 0 saturated heterocycles. The van der Waals surface area contributed by atoms with E-state index in [0.717, 1.165) is 17.7 Å². The van der Waals surface area contributed by atoms with Gasteiger partial charge in [-0.1, -0.05) is 6.07 Å². The molecule has 0 radical (unpaired) electrons. The van der Waals surface area contributed by atoms with E-state index in [2.05, 4.69) is 0 Å². The summed E-state index contributed by atoms with van der Waals surface area (Å²) in [4.78, 5) is 0.